The van der Waals surface area contributed by atoms with Crippen LogP contribution in [0.15, 0.2) is 58.7 Å². The Morgan fingerprint density at radius 1 is 1.27 bits per heavy atom. The number of aromatic nitrogens is 1. The molecular formula is C16H13FN2O2S. The van der Waals surface area contributed by atoms with Gasteiger partial charge in [-0.1, -0.05) is 6.07 Å². The average molecular weight is 316 g/mol. The highest BCUT2D eigenvalue weighted by molar-refractivity contribution is 7.09. The number of hydrogen-bond donors (Lipinski definition) is 0. The predicted octanol–water partition coefficient (Wildman–Crippen LogP) is 3.72. The minimum atomic E-state index is -0.667. The number of hydrogen-bond acceptors (Lipinski definition) is 4. The molecule has 0 radical (unpaired) electrons. The van der Waals surface area contributed by atoms with E-state index < -0.39 is 5.95 Å². The van der Waals surface area contributed by atoms with E-state index in [1.54, 1.807) is 28.6 Å². The first-order valence-electron chi connectivity index (χ1n) is 6.68. The summed E-state index contributed by atoms with van der Waals surface area (Å²) in [6.45, 7) is 0.773. The molecule has 3 aromatic heterocycles. The van der Waals surface area contributed by atoms with Crippen LogP contribution in [0.4, 0.5) is 4.39 Å². The van der Waals surface area contributed by atoms with Gasteiger partial charge in [0.15, 0.2) is 0 Å². The van der Waals surface area contributed by atoms with E-state index in [0.717, 1.165) is 10.9 Å². The first-order valence-corrected chi connectivity index (χ1v) is 7.56. The summed E-state index contributed by atoms with van der Waals surface area (Å²) >= 11 is 1.57. The average Bonchev–Trinajstić information content (AvgIpc) is 3.19. The molecule has 0 aliphatic heterocycles. The molecule has 0 fully saturated rings. The highest BCUT2D eigenvalue weighted by atomic mass is 32.1. The van der Waals surface area contributed by atoms with E-state index in [1.807, 2.05) is 23.6 Å². The fourth-order valence-electron chi connectivity index (χ4n) is 2.10. The standard InChI is InChI=1S/C16H13FN2O2S/c17-15-9-12(5-6-18-15)16(20)19(10-13-3-1-7-21-13)11-14-4-2-8-22-14/h1-9H,10-11H2. The Balaban J connectivity index is 1.85. The predicted molar refractivity (Wildman–Crippen MR) is 80.8 cm³/mol. The Morgan fingerprint density at radius 2 is 2.18 bits per heavy atom. The SMILES string of the molecule is O=C(c1ccnc(F)c1)N(Cc1ccco1)Cc1cccs1. The Kier molecular flexibility index (Phi) is 4.29. The van der Waals surface area contributed by atoms with Gasteiger partial charge < -0.3 is 9.32 Å². The zero-order chi connectivity index (χ0) is 15.4. The summed E-state index contributed by atoms with van der Waals surface area (Å²) in [5.41, 5.74) is 0.274. The molecule has 1 amide bonds. The second-order valence-electron chi connectivity index (χ2n) is 4.69. The van der Waals surface area contributed by atoms with Gasteiger partial charge in [-0.2, -0.15) is 4.39 Å². The van der Waals surface area contributed by atoms with Crippen LogP contribution in [0, 0.1) is 5.95 Å². The summed E-state index contributed by atoms with van der Waals surface area (Å²) in [7, 11) is 0. The van der Waals surface area contributed by atoms with Crippen LogP contribution in [-0.4, -0.2) is 15.8 Å². The summed E-state index contributed by atoms with van der Waals surface area (Å²) in [6, 6.07) is 10.1. The number of pyridine rings is 1. The lowest BCUT2D eigenvalue weighted by molar-refractivity contribution is 0.0719. The van der Waals surface area contributed by atoms with E-state index in [-0.39, 0.29) is 11.5 Å². The third kappa shape index (κ3) is 3.40. The van der Waals surface area contributed by atoms with Crippen LogP contribution in [-0.2, 0) is 13.1 Å². The molecule has 4 nitrogen and oxygen atoms in total. The molecule has 0 aliphatic rings. The molecule has 0 bridgehead atoms. The van der Waals surface area contributed by atoms with E-state index >= 15 is 0 Å². The fraction of sp³-hybridized carbons (Fsp3) is 0.125. The summed E-state index contributed by atoms with van der Waals surface area (Å²) < 4.78 is 18.6. The van der Waals surface area contributed by atoms with Crippen LogP contribution in [0.5, 0.6) is 0 Å². The van der Waals surface area contributed by atoms with Crippen molar-refractivity contribution in [3.63, 3.8) is 0 Å². The monoisotopic (exact) mass is 316 g/mol. The molecule has 0 atom stereocenters. The van der Waals surface area contributed by atoms with Gasteiger partial charge in [0, 0.05) is 22.7 Å². The van der Waals surface area contributed by atoms with Gasteiger partial charge in [0.25, 0.3) is 5.91 Å². The van der Waals surface area contributed by atoms with E-state index in [2.05, 4.69) is 4.98 Å². The quantitative estimate of drug-likeness (QED) is 0.674. The lowest BCUT2D eigenvalue weighted by atomic mass is 10.2. The molecule has 112 valence electrons. The van der Waals surface area contributed by atoms with E-state index in [4.69, 9.17) is 4.42 Å². The third-order valence-corrected chi connectivity index (χ3v) is 3.98. The maximum atomic E-state index is 13.2. The van der Waals surface area contributed by atoms with Crippen molar-refractivity contribution in [3.8, 4) is 0 Å². The van der Waals surface area contributed by atoms with Gasteiger partial charge in [-0.25, -0.2) is 4.98 Å². The van der Waals surface area contributed by atoms with Crippen LogP contribution in [0.1, 0.15) is 21.0 Å². The van der Waals surface area contributed by atoms with Crippen LogP contribution < -0.4 is 0 Å². The molecule has 22 heavy (non-hydrogen) atoms. The Bertz CT molecular complexity index is 705. The molecule has 0 aliphatic carbocycles. The highest BCUT2D eigenvalue weighted by Crippen LogP contribution is 2.17. The number of carbonyl (C=O) groups is 1. The Labute approximate surface area is 130 Å². The van der Waals surface area contributed by atoms with Crippen molar-refractivity contribution in [2.24, 2.45) is 0 Å². The molecule has 3 heterocycles. The molecule has 0 saturated carbocycles. The van der Waals surface area contributed by atoms with Gasteiger partial charge in [-0.3, -0.25) is 4.79 Å². The summed E-state index contributed by atoms with van der Waals surface area (Å²) in [5, 5.41) is 1.96. The van der Waals surface area contributed by atoms with Crippen molar-refractivity contribution >= 4 is 17.2 Å². The number of halogens is 1. The van der Waals surface area contributed by atoms with Crippen molar-refractivity contribution in [1.82, 2.24) is 9.88 Å². The van der Waals surface area contributed by atoms with Crippen molar-refractivity contribution in [3.05, 3.63) is 76.4 Å². The molecular weight excluding hydrogens is 303 g/mol. The maximum Gasteiger partial charge on any atom is 0.254 e. The van der Waals surface area contributed by atoms with Crippen LogP contribution in [0.25, 0.3) is 0 Å². The van der Waals surface area contributed by atoms with Gasteiger partial charge in [0.05, 0.1) is 19.4 Å². The first kappa shape index (κ1) is 14.5. The third-order valence-electron chi connectivity index (χ3n) is 3.11. The molecule has 0 spiro atoms. The number of rotatable bonds is 5. The minimum Gasteiger partial charge on any atom is -0.467 e. The summed E-state index contributed by atoms with van der Waals surface area (Å²) in [4.78, 5) is 18.8. The topological polar surface area (TPSA) is 46.3 Å². The normalized spacial score (nSPS) is 10.6. The van der Waals surface area contributed by atoms with Gasteiger partial charge in [-0.05, 0) is 29.6 Å². The number of carbonyl (C=O) groups excluding carboxylic acids is 1. The van der Waals surface area contributed by atoms with Gasteiger partial charge >= 0.3 is 0 Å². The Hall–Kier alpha value is -2.47. The number of nitrogens with zero attached hydrogens (tertiary/aromatic N) is 2. The van der Waals surface area contributed by atoms with E-state index in [1.165, 1.54) is 12.3 Å². The second-order valence-corrected chi connectivity index (χ2v) is 5.72. The summed E-state index contributed by atoms with van der Waals surface area (Å²) in [5.74, 6) is -0.245. The largest absolute Gasteiger partial charge is 0.467 e. The highest BCUT2D eigenvalue weighted by Gasteiger charge is 2.19. The van der Waals surface area contributed by atoms with Gasteiger partial charge in [0.2, 0.25) is 5.95 Å². The maximum absolute atomic E-state index is 13.2. The zero-order valence-corrected chi connectivity index (χ0v) is 12.4. The van der Waals surface area contributed by atoms with Crippen LogP contribution in [0.3, 0.4) is 0 Å². The number of amides is 1. The zero-order valence-electron chi connectivity index (χ0n) is 11.6. The van der Waals surface area contributed by atoms with Gasteiger partial charge in [0.1, 0.15) is 5.76 Å². The molecule has 0 unspecified atom stereocenters. The van der Waals surface area contributed by atoms with Crippen molar-refractivity contribution in [2.45, 2.75) is 13.1 Å². The number of thiophene rings is 1. The first-order chi connectivity index (χ1) is 10.7. The van der Waals surface area contributed by atoms with Crippen molar-refractivity contribution < 1.29 is 13.6 Å². The molecule has 3 aromatic rings. The fourth-order valence-corrected chi connectivity index (χ4v) is 2.82. The Morgan fingerprint density at radius 3 is 2.86 bits per heavy atom. The summed E-state index contributed by atoms with van der Waals surface area (Å²) in [6.07, 6.45) is 2.86. The van der Waals surface area contributed by atoms with Crippen LogP contribution in [0.2, 0.25) is 0 Å². The lowest BCUT2D eigenvalue weighted by Gasteiger charge is -2.21. The number of furan rings is 1. The van der Waals surface area contributed by atoms with E-state index in [0.29, 0.717) is 18.8 Å². The lowest BCUT2D eigenvalue weighted by Crippen LogP contribution is -2.29. The van der Waals surface area contributed by atoms with Gasteiger partial charge in [-0.15, -0.1) is 11.3 Å². The van der Waals surface area contributed by atoms with Crippen LogP contribution >= 0.6 is 11.3 Å². The smallest absolute Gasteiger partial charge is 0.254 e. The molecule has 6 heteroatoms. The molecule has 0 aromatic carbocycles. The molecule has 0 saturated heterocycles. The van der Waals surface area contributed by atoms with Crippen molar-refractivity contribution in [2.75, 3.05) is 0 Å². The molecule has 0 N–H and O–H groups in total. The van der Waals surface area contributed by atoms with E-state index in [9.17, 15) is 9.18 Å². The molecule has 3 rings (SSSR count). The minimum absolute atomic E-state index is 0.258. The van der Waals surface area contributed by atoms with Crippen molar-refractivity contribution in [1.29, 1.82) is 0 Å². The second kappa shape index (κ2) is 6.53.